The molecule has 2 rings (SSSR count). The van der Waals surface area contributed by atoms with Crippen LogP contribution in [0.3, 0.4) is 0 Å². The van der Waals surface area contributed by atoms with Gasteiger partial charge in [0.05, 0.1) is 6.10 Å². The predicted molar refractivity (Wildman–Crippen MR) is 80.6 cm³/mol. The lowest BCUT2D eigenvalue weighted by atomic mass is 9.99. The molecule has 2 N–H and O–H groups in total. The van der Waals surface area contributed by atoms with Crippen molar-refractivity contribution in [3.63, 3.8) is 0 Å². The predicted octanol–water partition coefficient (Wildman–Crippen LogP) is 2.55. The molecule has 0 aliphatic carbocycles. The third-order valence-electron chi connectivity index (χ3n) is 3.76. The molecule has 0 bridgehead atoms. The second-order valence-corrected chi connectivity index (χ2v) is 5.38. The topological polar surface area (TPSA) is 50.4 Å². The number of carbonyl (C=O) groups excluding carboxylic acids is 1. The number of hydrogen-bond donors (Lipinski definition) is 2. The maximum atomic E-state index is 10.9. The van der Waals surface area contributed by atoms with E-state index in [9.17, 15) is 4.79 Å². The maximum absolute atomic E-state index is 10.9. The van der Waals surface area contributed by atoms with E-state index >= 15 is 0 Å². The van der Waals surface area contributed by atoms with Gasteiger partial charge in [-0.15, -0.1) is 0 Å². The van der Waals surface area contributed by atoms with Crippen molar-refractivity contribution in [2.75, 3.05) is 18.5 Å². The summed E-state index contributed by atoms with van der Waals surface area (Å²) in [6.07, 6.45) is 2.68. The molecule has 1 saturated heterocycles. The van der Waals surface area contributed by atoms with Crippen molar-refractivity contribution in [2.45, 2.75) is 39.3 Å². The van der Waals surface area contributed by atoms with Crippen molar-refractivity contribution in [1.82, 2.24) is 5.32 Å². The number of anilines is 1. The number of ether oxygens (including phenoxy) is 1. The first-order chi connectivity index (χ1) is 9.69. The first kappa shape index (κ1) is 15.0. The smallest absolute Gasteiger partial charge is 0.221 e. The standard InChI is InChI=1S/C16H24N2O2/c1-3-16-14(8-9-20-16)11-17-10-13-4-6-15(7-5-13)18-12(2)19/h4-7,14,16-17H,3,8-11H2,1-2H3,(H,18,19). The van der Waals surface area contributed by atoms with Gasteiger partial charge in [-0.25, -0.2) is 0 Å². The van der Waals surface area contributed by atoms with Gasteiger partial charge in [0.1, 0.15) is 0 Å². The highest BCUT2D eigenvalue weighted by Crippen LogP contribution is 2.22. The van der Waals surface area contributed by atoms with Crippen LogP contribution in [0.5, 0.6) is 0 Å². The van der Waals surface area contributed by atoms with E-state index in [4.69, 9.17) is 4.74 Å². The van der Waals surface area contributed by atoms with Gasteiger partial charge >= 0.3 is 0 Å². The van der Waals surface area contributed by atoms with Gasteiger partial charge in [0, 0.05) is 32.3 Å². The molecule has 110 valence electrons. The van der Waals surface area contributed by atoms with Crippen molar-refractivity contribution in [2.24, 2.45) is 5.92 Å². The highest BCUT2D eigenvalue weighted by Gasteiger charge is 2.25. The molecule has 4 nitrogen and oxygen atoms in total. The summed E-state index contributed by atoms with van der Waals surface area (Å²) in [7, 11) is 0. The molecule has 0 radical (unpaired) electrons. The van der Waals surface area contributed by atoms with Gasteiger partial charge in [0.15, 0.2) is 0 Å². The molecule has 1 fully saturated rings. The number of benzene rings is 1. The lowest BCUT2D eigenvalue weighted by Gasteiger charge is -2.17. The van der Waals surface area contributed by atoms with Crippen LogP contribution >= 0.6 is 0 Å². The van der Waals surface area contributed by atoms with Crippen LogP contribution in [0.25, 0.3) is 0 Å². The second kappa shape index (κ2) is 7.41. The Balaban J connectivity index is 1.75. The summed E-state index contributed by atoms with van der Waals surface area (Å²) in [6, 6.07) is 7.96. The normalized spacial score (nSPS) is 21.9. The molecule has 1 amide bonds. The van der Waals surface area contributed by atoms with Crippen LogP contribution < -0.4 is 10.6 Å². The summed E-state index contributed by atoms with van der Waals surface area (Å²) in [4.78, 5) is 10.9. The molecule has 0 saturated carbocycles. The average molecular weight is 276 g/mol. The molecule has 4 heteroatoms. The summed E-state index contributed by atoms with van der Waals surface area (Å²) in [6.45, 7) is 6.46. The maximum Gasteiger partial charge on any atom is 0.221 e. The van der Waals surface area contributed by atoms with Gasteiger partial charge in [-0.3, -0.25) is 4.79 Å². The molecule has 1 aromatic rings. The van der Waals surface area contributed by atoms with Crippen LogP contribution in [0, 0.1) is 5.92 Å². The molecule has 1 heterocycles. The van der Waals surface area contributed by atoms with E-state index in [1.807, 2.05) is 24.3 Å². The Morgan fingerprint density at radius 2 is 2.10 bits per heavy atom. The minimum absolute atomic E-state index is 0.0392. The van der Waals surface area contributed by atoms with Gasteiger partial charge in [0.2, 0.25) is 5.91 Å². The third kappa shape index (κ3) is 4.32. The van der Waals surface area contributed by atoms with E-state index in [0.29, 0.717) is 12.0 Å². The zero-order chi connectivity index (χ0) is 14.4. The van der Waals surface area contributed by atoms with Crippen LogP contribution in [0.15, 0.2) is 24.3 Å². The molecule has 20 heavy (non-hydrogen) atoms. The molecule has 0 spiro atoms. The van der Waals surface area contributed by atoms with Gasteiger partial charge in [-0.05, 0) is 36.5 Å². The monoisotopic (exact) mass is 276 g/mol. The number of carbonyl (C=O) groups is 1. The fourth-order valence-electron chi connectivity index (χ4n) is 2.69. The molecular weight excluding hydrogens is 252 g/mol. The van der Waals surface area contributed by atoms with E-state index in [0.717, 1.165) is 38.2 Å². The van der Waals surface area contributed by atoms with Crippen LogP contribution in [-0.4, -0.2) is 25.2 Å². The Morgan fingerprint density at radius 1 is 1.35 bits per heavy atom. The molecule has 1 aliphatic rings. The Morgan fingerprint density at radius 3 is 2.75 bits per heavy atom. The number of amides is 1. The Labute approximate surface area is 120 Å². The summed E-state index contributed by atoms with van der Waals surface area (Å²) >= 11 is 0. The molecule has 2 atom stereocenters. The third-order valence-corrected chi connectivity index (χ3v) is 3.76. The van der Waals surface area contributed by atoms with Gasteiger partial charge in [-0.1, -0.05) is 19.1 Å². The number of nitrogens with one attached hydrogen (secondary N) is 2. The van der Waals surface area contributed by atoms with Crippen molar-refractivity contribution >= 4 is 11.6 Å². The molecule has 1 aromatic carbocycles. The SMILES string of the molecule is CCC1OCCC1CNCc1ccc(NC(C)=O)cc1. The van der Waals surface area contributed by atoms with Crippen LogP contribution in [0.4, 0.5) is 5.69 Å². The van der Waals surface area contributed by atoms with E-state index in [-0.39, 0.29) is 5.91 Å². The highest BCUT2D eigenvalue weighted by atomic mass is 16.5. The van der Waals surface area contributed by atoms with Gasteiger partial charge in [-0.2, -0.15) is 0 Å². The zero-order valence-electron chi connectivity index (χ0n) is 12.3. The lowest BCUT2D eigenvalue weighted by molar-refractivity contribution is -0.114. The van der Waals surface area contributed by atoms with Crippen LogP contribution in [0.1, 0.15) is 32.3 Å². The van der Waals surface area contributed by atoms with E-state index in [1.54, 1.807) is 0 Å². The molecule has 1 aliphatic heterocycles. The summed E-state index contributed by atoms with van der Waals surface area (Å²) in [5.74, 6) is 0.598. The van der Waals surface area contributed by atoms with Crippen molar-refractivity contribution in [1.29, 1.82) is 0 Å². The Hall–Kier alpha value is -1.39. The van der Waals surface area contributed by atoms with Crippen molar-refractivity contribution in [3.8, 4) is 0 Å². The van der Waals surface area contributed by atoms with E-state index in [2.05, 4.69) is 17.6 Å². The minimum atomic E-state index is -0.0392. The lowest BCUT2D eigenvalue weighted by Crippen LogP contribution is -2.27. The fourth-order valence-corrected chi connectivity index (χ4v) is 2.69. The zero-order valence-corrected chi connectivity index (χ0v) is 12.3. The highest BCUT2D eigenvalue weighted by molar-refractivity contribution is 5.88. The number of hydrogen-bond acceptors (Lipinski definition) is 3. The van der Waals surface area contributed by atoms with Gasteiger partial charge in [0.25, 0.3) is 0 Å². The van der Waals surface area contributed by atoms with Gasteiger partial charge < -0.3 is 15.4 Å². The Kier molecular flexibility index (Phi) is 5.56. The fraction of sp³-hybridized carbons (Fsp3) is 0.562. The van der Waals surface area contributed by atoms with Crippen LogP contribution in [-0.2, 0) is 16.1 Å². The first-order valence-electron chi connectivity index (χ1n) is 7.38. The van der Waals surface area contributed by atoms with Crippen LogP contribution in [0.2, 0.25) is 0 Å². The molecular formula is C16H24N2O2. The Bertz CT molecular complexity index is 431. The largest absolute Gasteiger partial charge is 0.378 e. The van der Waals surface area contributed by atoms with Crippen molar-refractivity contribution < 1.29 is 9.53 Å². The average Bonchev–Trinajstić information content (AvgIpc) is 2.87. The minimum Gasteiger partial charge on any atom is -0.378 e. The first-order valence-corrected chi connectivity index (χ1v) is 7.38. The van der Waals surface area contributed by atoms with E-state index < -0.39 is 0 Å². The van der Waals surface area contributed by atoms with E-state index in [1.165, 1.54) is 12.5 Å². The second-order valence-electron chi connectivity index (χ2n) is 5.38. The number of rotatable bonds is 6. The quantitative estimate of drug-likeness (QED) is 0.839. The van der Waals surface area contributed by atoms with Crippen molar-refractivity contribution in [3.05, 3.63) is 29.8 Å². The summed E-state index contributed by atoms with van der Waals surface area (Å²) in [5, 5.41) is 6.27. The molecule has 0 aromatic heterocycles. The summed E-state index contributed by atoms with van der Waals surface area (Å²) in [5.41, 5.74) is 2.07. The molecule has 2 unspecified atom stereocenters. The summed E-state index contributed by atoms with van der Waals surface area (Å²) < 4.78 is 5.69.